The minimum absolute atomic E-state index is 0.209. The molecule has 2 aromatic carbocycles. The molecule has 0 radical (unpaired) electrons. The van der Waals surface area contributed by atoms with E-state index in [1.807, 2.05) is 0 Å². The molecule has 32 heavy (non-hydrogen) atoms. The van der Waals surface area contributed by atoms with Crippen molar-refractivity contribution >= 4 is 5.91 Å². The first-order chi connectivity index (χ1) is 15.3. The smallest absolute Gasteiger partial charge is 0.368 e. The van der Waals surface area contributed by atoms with Gasteiger partial charge in [0.05, 0.1) is 24.4 Å². The summed E-state index contributed by atoms with van der Waals surface area (Å²) in [6, 6.07) is 14.2. The Balaban J connectivity index is 1.42. The predicted octanol–water partition coefficient (Wildman–Crippen LogP) is 5.04. The summed E-state index contributed by atoms with van der Waals surface area (Å²) < 4.78 is 57.6. The number of carbonyl (C=O) groups excluding carboxylic acids is 1. The third kappa shape index (κ3) is 5.13. The number of aromatic nitrogens is 1. The highest BCUT2D eigenvalue weighted by molar-refractivity contribution is 5.94. The SMILES string of the molecule is O=C(c1ccc(F)cc1)N1CCO[C@H](c2ccc(Cc3cccc(C(F)(F)F)c3)cn2)C1. The molecule has 1 aromatic heterocycles. The van der Waals surface area contributed by atoms with Crippen LogP contribution in [0.4, 0.5) is 17.6 Å². The second-order valence-electron chi connectivity index (χ2n) is 7.58. The van der Waals surface area contributed by atoms with E-state index in [0.29, 0.717) is 42.9 Å². The highest BCUT2D eigenvalue weighted by atomic mass is 19.4. The fraction of sp³-hybridized carbons (Fsp3) is 0.250. The van der Waals surface area contributed by atoms with Crippen molar-refractivity contribution in [2.75, 3.05) is 19.7 Å². The monoisotopic (exact) mass is 444 g/mol. The molecular weight excluding hydrogens is 424 g/mol. The van der Waals surface area contributed by atoms with Crippen molar-refractivity contribution < 1.29 is 27.1 Å². The van der Waals surface area contributed by atoms with E-state index < -0.39 is 23.7 Å². The Morgan fingerprint density at radius 1 is 1.06 bits per heavy atom. The molecule has 1 aliphatic rings. The van der Waals surface area contributed by atoms with Gasteiger partial charge in [-0.2, -0.15) is 13.2 Å². The van der Waals surface area contributed by atoms with Crippen molar-refractivity contribution in [3.8, 4) is 0 Å². The van der Waals surface area contributed by atoms with Crippen LogP contribution in [-0.4, -0.2) is 35.5 Å². The third-order valence-electron chi connectivity index (χ3n) is 5.28. The van der Waals surface area contributed by atoms with E-state index in [-0.39, 0.29) is 5.91 Å². The molecule has 4 nitrogen and oxygen atoms in total. The second-order valence-corrected chi connectivity index (χ2v) is 7.58. The second kappa shape index (κ2) is 9.08. The summed E-state index contributed by atoms with van der Waals surface area (Å²) >= 11 is 0. The Morgan fingerprint density at radius 2 is 1.84 bits per heavy atom. The lowest BCUT2D eigenvalue weighted by Gasteiger charge is -2.32. The molecule has 0 bridgehead atoms. The Bertz CT molecular complexity index is 1080. The number of pyridine rings is 1. The lowest BCUT2D eigenvalue weighted by atomic mass is 10.0. The molecule has 1 atom stereocenters. The average molecular weight is 444 g/mol. The summed E-state index contributed by atoms with van der Waals surface area (Å²) in [7, 11) is 0. The molecular formula is C24H20F4N2O2. The summed E-state index contributed by atoms with van der Waals surface area (Å²) in [6.45, 7) is 1.06. The van der Waals surface area contributed by atoms with Crippen LogP contribution in [0.5, 0.6) is 0 Å². The quantitative estimate of drug-likeness (QED) is 0.530. The number of alkyl halides is 3. The van der Waals surface area contributed by atoms with Gasteiger partial charge in [-0.3, -0.25) is 9.78 Å². The fourth-order valence-corrected chi connectivity index (χ4v) is 3.61. The molecule has 0 unspecified atom stereocenters. The van der Waals surface area contributed by atoms with Crippen molar-refractivity contribution in [2.24, 2.45) is 0 Å². The first kappa shape index (κ1) is 22.0. The maximum atomic E-state index is 13.1. The van der Waals surface area contributed by atoms with Crippen molar-refractivity contribution in [2.45, 2.75) is 18.7 Å². The first-order valence-electron chi connectivity index (χ1n) is 10.1. The van der Waals surface area contributed by atoms with Crippen LogP contribution in [0.3, 0.4) is 0 Å². The van der Waals surface area contributed by atoms with Gasteiger partial charge >= 0.3 is 6.18 Å². The van der Waals surface area contributed by atoms with Crippen LogP contribution in [0.15, 0.2) is 66.9 Å². The standard InChI is InChI=1S/C24H20F4N2O2/c25-20-7-5-18(6-8-20)23(31)30-10-11-32-22(15-30)21-9-4-17(14-29-21)12-16-2-1-3-19(13-16)24(26,27)28/h1-9,13-14,22H,10-12,15H2/t22-/m0/s1. The highest BCUT2D eigenvalue weighted by Crippen LogP contribution is 2.30. The summed E-state index contributed by atoms with van der Waals surface area (Å²) in [4.78, 5) is 18.7. The van der Waals surface area contributed by atoms with E-state index in [1.54, 1.807) is 29.3 Å². The number of benzene rings is 2. The van der Waals surface area contributed by atoms with Crippen LogP contribution in [0, 0.1) is 5.82 Å². The summed E-state index contributed by atoms with van der Waals surface area (Å²) in [5.74, 6) is -0.615. The van der Waals surface area contributed by atoms with Crippen molar-refractivity contribution in [3.05, 3.63) is 101 Å². The summed E-state index contributed by atoms with van der Waals surface area (Å²) in [6.07, 6.45) is -2.87. The molecule has 0 N–H and O–H groups in total. The van der Waals surface area contributed by atoms with Crippen LogP contribution in [0.1, 0.15) is 38.8 Å². The zero-order chi connectivity index (χ0) is 22.7. The zero-order valence-electron chi connectivity index (χ0n) is 17.0. The molecule has 2 heterocycles. The van der Waals surface area contributed by atoms with E-state index in [2.05, 4.69) is 4.98 Å². The van der Waals surface area contributed by atoms with Gasteiger partial charge in [0.2, 0.25) is 0 Å². The number of morpholine rings is 1. The number of halogens is 4. The largest absolute Gasteiger partial charge is 0.416 e. The lowest BCUT2D eigenvalue weighted by Crippen LogP contribution is -2.42. The molecule has 1 saturated heterocycles. The maximum Gasteiger partial charge on any atom is 0.416 e. The van der Waals surface area contributed by atoms with Crippen molar-refractivity contribution in [1.82, 2.24) is 9.88 Å². The van der Waals surface area contributed by atoms with Gasteiger partial charge in [-0.25, -0.2) is 4.39 Å². The van der Waals surface area contributed by atoms with Gasteiger partial charge in [0.25, 0.3) is 5.91 Å². The Morgan fingerprint density at radius 3 is 2.53 bits per heavy atom. The highest BCUT2D eigenvalue weighted by Gasteiger charge is 2.30. The number of hydrogen-bond donors (Lipinski definition) is 0. The number of carbonyl (C=O) groups is 1. The molecule has 0 saturated carbocycles. The van der Waals surface area contributed by atoms with E-state index in [9.17, 15) is 22.4 Å². The van der Waals surface area contributed by atoms with Crippen LogP contribution >= 0.6 is 0 Å². The van der Waals surface area contributed by atoms with Gasteiger partial charge in [-0.15, -0.1) is 0 Å². The molecule has 8 heteroatoms. The normalized spacial score (nSPS) is 16.8. The van der Waals surface area contributed by atoms with Crippen LogP contribution < -0.4 is 0 Å². The van der Waals surface area contributed by atoms with Crippen LogP contribution in [0.2, 0.25) is 0 Å². The molecule has 1 aliphatic heterocycles. The van der Waals surface area contributed by atoms with Gasteiger partial charge in [-0.1, -0.05) is 24.3 Å². The number of amides is 1. The average Bonchev–Trinajstić information content (AvgIpc) is 2.79. The van der Waals surface area contributed by atoms with E-state index in [0.717, 1.165) is 17.7 Å². The number of ether oxygens (including phenoxy) is 1. The molecule has 4 rings (SSSR count). The minimum Gasteiger partial charge on any atom is -0.368 e. The minimum atomic E-state index is -4.38. The molecule has 0 aliphatic carbocycles. The van der Waals surface area contributed by atoms with E-state index >= 15 is 0 Å². The van der Waals surface area contributed by atoms with Crippen molar-refractivity contribution in [1.29, 1.82) is 0 Å². The molecule has 1 fully saturated rings. The Hall–Kier alpha value is -3.26. The Kier molecular flexibility index (Phi) is 6.23. The van der Waals surface area contributed by atoms with Crippen LogP contribution in [-0.2, 0) is 17.3 Å². The van der Waals surface area contributed by atoms with E-state index in [1.165, 1.54) is 30.3 Å². The van der Waals surface area contributed by atoms with Gasteiger partial charge < -0.3 is 9.64 Å². The topological polar surface area (TPSA) is 42.4 Å². The predicted molar refractivity (Wildman–Crippen MR) is 109 cm³/mol. The van der Waals surface area contributed by atoms with E-state index in [4.69, 9.17) is 4.74 Å². The molecule has 166 valence electrons. The zero-order valence-corrected chi connectivity index (χ0v) is 17.0. The number of nitrogens with zero attached hydrogens (tertiary/aromatic N) is 2. The van der Waals surface area contributed by atoms with Gasteiger partial charge in [-0.05, 0) is 53.9 Å². The van der Waals surface area contributed by atoms with Gasteiger partial charge in [0.1, 0.15) is 11.9 Å². The van der Waals surface area contributed by atoms with Gasteiger partial charge in [0.15, 0.2) is 0 Å². The fourth-order valence-electron chi connectivity index (χ4n) is 3.61. The lowest BCUT2D eigenvalue weighted by molar-refractivity contribution is -0.137. The number of rotatable bonds is 4. The van der Waals surface area contributed by atoms with Gasteiger partial charge in [0, 0.05) is 18.3 Å². The number of hydrogen-bond acceptors (Lipinski definition) is 3. The third-order valence-corrected chi connectivity index (χ3v) is 5.28. The Labute approximate surface area is 182 Å². The summed E-state index contributed by atoms with van der Waals surface area (Å²) in [5.41, 5.74) is 1.66. The maximum absolute atomic E-state index is 13.1. The van der Waals surface area contributed by atoms with Crippen molar-refractivity contribution in [3.63, 3.8) is 0 Å². The van der Waals surface area contributed by atoms with Crippen LogP contribution in [0.25, 0.3) is 0 Å². The molecule has 3 aromatic rings. The molecule has 1 amide bonds. The molecule has 0 spiro atoms. The first-order valence-corrected chi connectivity index (χ1v) is 10.1. The summed E-state index contributed by atoms with van der Waals surface area (Å²) in [5, 5.41) is 0.